The van der Waals surface area contributed by atoms with Crippen LogP contribution in [0.3, 0.4) is 0 Å². The van der Waals surface area contributed by atoms with E-state index in [2.05, 4.69) is 23.2 Å². The van der Waals surface area contributed by atoms with E-state index in [9.17, 15) is 0 Å². The number of hydrogen-bond donors (Lipinski definition) is 1. The molecule has 0 unspecified atom stereocenters. The van der Waals surface area contributed by atoms with Crippen molar-refractivity contribution in [2.45, 2.75) is 6.54 Å². The number of methoxy groups -OCH3 is 1. The molecule has 0 saturated heterocycles. The van der Waals surface area contributed by atoms with E-state index >= 15 is 0 Å². The third kappa shape index (κ3) is 2.36. The van der Waals surface area contributed by atoms with Crippen LogP contribution < -0.4 is 10.5 Å². The van der Waals surface area contributed by atoms with Crippen molar-refractivity contribution in [2.24, 2.45) is 5.73 Å². The molecule has 0 saturated carbocycles. The third-order valence-electron chi connectivity index (χ3n) is 3.38. The number of pyridine rings is 1. The molecule has 3 heteroatoms. The lowest BCUT2D eigenvalue weighted by molar-refractivity contribution is 0.415. The fourth-order valence-electron chi connectivity index (χ4n) is 2.27. The maximum atomic E-state index is 5.69. The lowest BCUT2D eigenvalue weighted by Crippen LogP contribution is -1.95. The van der Waals surface area contributed by atoms with E-state index in [1.54, 1.807) is 7.11 Å². The molecule has 2 aromatic carbocycles. The first-order chi connectivity index (χ1) is 9.80. The number of aromatic nitrogens is 1. The summed E-state index contributed by atoms with van der Waals surface area (Å²) in [5.74, 6) is 0.846. The van der Waals surface area contributed by atoms with Gasteiger partial charge in [-0.25, -0.2) is 0 Å². The molecule has 0 amide bonds. The highest BCUT2D eigenvalue weighted by Gasteiger charge is 2.03. The number of hydrogen-bond acceptors (Lipinski definition) is 3. The first kappa shape index (κ1) is 12.6. The molecule has 100 valence electrons. The highest BCUT2D eigenvalue weighted by molar-refractivity contribution is 5.84. The molecular formula is C17H16N2O. The Morgan fingerprint density at radius 1 is 1.05 bits per heavy atom. The molecule has 3 nitrogen and oxygen atoms in total. The van der Waals surface area contributed by atoms with Gasteiger partial charge in [0.15, 0.2) is 0 Å². The molecule has 0 aliphatic heterocycles. The van der Waals surface area contributed by atoms with E-state index in [0.29, 0.717) is 6.54 Å². The predicted molar refractivity (Wildman–Crippen MR) is 81.6 cm³/mol. The summed E-state index contributed by atoms with van der Waals surface area (Å²) in [5, 5.41) is 1.10. The van der Waals surface area contributed by atoms with Crippen LogP contribution >= 0.6 is 0 Å². The number of rotatable bonds is 3. The van der Waals surface area contributed by atoms with Gasteiger partial charge in [0.2, 0.25) is 0 Å². The zero-order valence-corrected chi connectivity index (χ0v) is 11.3. The fourth-order valence-corrected chi connectivity index (χ4v) is 2.27. The van der Waals surface area contributed by atoms with Crippen LogP contribution in [-0.2, 0) is 6.54 Å². The van der Waals surface area contributed by atoms with Crippen LogP contribution in [-0.4, -0.2) is 12.1 Å². The van der Waals surface area contributed by atoms with Gasteiger partial charge in [0.05, 0.1) is 12.6 Å². The van der Waals surface area contributed by atoms with Gasteiger partial charge in [-0.05, 0) is 41.5 Å². The minimum absolute atomic E-state index is 0.541. The van der Waals surface area contributed by atoms with Crippen LogP contribution in [0.2, 0.25) is 0 Å². The van der Waals surface area contributed by atoms with E-state index in [4.69, 9.17) is 10.5 Å². The summed E-state index contributed by atoms with van der Waals surface area (Å²) in [4.78, 5) is 4.51. The van der Waals surface area contributed by atoms with E-state index in [1.165, 1.54) is 0 Å². The summed E-state index contributed by atoms with van der Waals surface area (Å²) in [6.45, 7) is 0.541. The van der Waals surface area contributed by atoms with Gasteiger partial charge in [-0.1, -0.05) is 18.2 Å². The van der Waals surface area contributed by atoms with Crippen LogP contribution in [0.1, 0.15) is 5.56 Å². The number of fused-ring (bicyclic) bond motifs is 1. The van der Waals surface area contributed by atoms with Crippen molar-refractivity contribution < 1.29 is 4.74 Å². The van der Waals surface area contributed by atoms with Crippen molar-refractivity contribution >= 4 is 10.9 Å². The van der Waals surface area contributed by atoms with Crippen LogP contribution in [0.5, 0.6) is 5.75 Å². The van der Waals surface area contributed by atoms with Crippen molar-refractivity contribution in [1.82, 2.24) is 4.98 Å². The molecular weight excluding hydrogens is 248 g/mol. The fraction of sp³-hybridized carbons (Fsp3) is 0.118. The van der Waals surface area contributed by atoms with Crippen molar-refractivity contribution in [1.29, 1.82) is 0 Å². The maximum Gasteiger partial charge on any atom is 0.119 e. The zero-order valence-electron chi connectivity index (χ0n) is 11.3. The maximum absolute atomic E-state index is 5.69. The van der Waals surface area contributed by atoms with Gasteiger partial charge in [0, 0.05) is 23.7 Å². The van der Waals surface area contributed by atoms with Crippen LogP contribution in [0, 0.1) is 0 Å². The van der Waals surface area contributed by atoms with Gasteiger partial charge in [-0.15, -0.1) is 0 Å². The summed E-state index contributed by atoms with van der Waals surface area (Å²) in [6.07, 6.45) is 1.89. The summed E-state index contributed by atoms with van der Waals surface area (Å²) in [7, 11) is 1.67. The van der Waals surface area contributed by atoms with E-state index < -0.39 is 0 Å². The van der Waals surface area contributed by atoms with E-state index in [0.717, 1.165) is 33.3 Å². The second-order valence-corrected chi connectivity index (χ2v) is 4.69. The SMILES string of the molecule is COc1cccc(-c2cnc3ccc(CN)cc3c2)c1. The lowest BCUT2D eigenvalue weighted by Gasteiger charge is -2.06. The molecule has 0 aliphatic carbocycles. The Labute approximate surface area is 118 Å². The van der Waals surface area contributed by atoms with Gasteiger partial charge in [0.25, 0.3) is 0 Å². The summed E-state index contributed by atoms with van der Waals surface area (Å²) in [6, 6.07) is 16.2. The molecule has 20 heavy (non-hydrogen) atoms. The molecule has 0 spiro atoms. The minimum atomic E-state index is 0.541. The first-order valence-electron chi connectivity index (χ1n) is 6.53. The number of nitrogens with zero attached hydrogens (tertiary/aromatic N) is 1. The molecule has 0 bridgehead atoms. The van der Waals surface area contributed by atoms with Gasteiger partial charge in [-0.3, -0.25) is 4.98 Å². The lowest BCUT2D eigenvalue weighted by atomic mass is 10.0. The topological polar surface area (TPSA) is 48.1 Å². The molecule has 0 radical (unpaired) electrons. The molecule has 0 atom stereocenters. The Bertz CT molecular complexity index is 753. The first-order valence-corrected chi connectivity index (χ1v) is 6.53. The Morgan fingerprint density at radius 2 is 1.95 bits per heavy atom. The average Bonchev–Trinajstić information content (AvgIpc) is 2.53. The van der Waals surface area contributed by atoms with Crippen molar-refractivity contribution in [2.75, 3.05) is 7.11 Å². The van der Waals surface area contributed by atoms with Crippen molar-refractivity contribution in [3.63, 3.8) is 0 Å². The monoisotopic (exact) mass is 264 g/mol. The summed E-state index contributed by atoms with van der Waals surface area (Å²) >= 11 is 0. The van der Waals surface area contributed by atoms with E-state index in [-0.39, 0.29) is 0 Å². The van der Waals surface area contributed by atoms with Crippen LogP contribution in [0.15, 0.2) is 54.7 Å². The number of nitrogens with two attached hydrogens (primary N) is 1. The van der Waals surface area contributed by atoms with Gasteiger partial charge < -0.3 is 10.5 Å². The number of benzene rings is 2. The highest BCUT2D eigenvalue weighted by Crippen LogP contribution is 2.26. The minimum Gasteiger partial charge on any atom is -0.497 e. The quantitative estimate of drug-likeness (QED) is 0.789. The Hall–Kier alpha value is -2.39. The van der Waals surface area contributed by atoms with Gasteiger partial charge in [-0.2, -0.15) is 0 Å². The molecule has 3 aromatic rings. The van der Waals surface area contributed by atoms with Gasteiger partial charge in [0.1, 0.15) is 5.75 Å². The van der Waals surface area contributed by atoms with Gasteiger partial charge >= 0.3 is 0 Å². The molecule has 1 aromatic heterocycles. The molecule has 3 rings (SSSR count). The number of ether oxygens (including phenoxy) is 1. The summed E-state index contributed by atoms with van der Waals surface area (Å²) in [5.41, 5.74) is 9.95. The van der Waals surface area contributed by atoms with Crippen molar-refractivity contribution in [3.8, 4) is 16.9 Å². The highest BCUT2D eigenvalue weighted by atomic mass is 16.5. The second kappa shape index (κ2) is 5.31. The average molecular weight is 264 g/mol. The van der Waals surface area contributed by atoms with Crippen LogP contribution in [0.25, 0.3) is 22.0 Å². The van der Waals surface area contributed by atoms with Crippen molar-refractivity contribution in [3.05, 3.63) is 60.3 Å². The molecule has 0 aliphatic rings. The largest absolute Gasteiger partial charge is 0.497 e. The Balaban J connectivity index is 2.11. The second-order valence-electron chi connectivity index (χ2n) is 4.69. The Morgan fingerprint density at radius 3 is 2.75 bits per heavy atom. The molecule has 1 heterocycles. The molecule has 2 N–H and O–H groups in total. The van der Waals surface area contributed by atoms with Crippen LogP contribution in [0.4, 0.5) is 0 Å². The summed E-state index contributed by atoms with van der Waals surface area (Å²) < 4.78 is 5.26. The molecule has 0 fully saturated rings. The predicted octanol–water partition coefficient (Wildman–Crippen LogP) is 3.37. The normalized spacial score (nSPS) is 10.7. The zero-order chi connectivity index (χ0) is 13.9. The third-order valence-corrected chi connectivity index (χ3v) is 3.38. The van der Waals surface area contributed by atoms with E-state index in [1.807, 2.05) is 36.5 Å². The standard InChI is InChI=1S/C17H16N2O/c1-20-16-4-2-3-13(9-16)15-8-14-7-12(10-18)5-6-17(14)19-11-15/h2-9,11H,10,18H2,1H3. The Kier molecular flexibility index (Phi) is 3.35. The smallest absolute Gasteiger partial charge is 0.119 e.